The van der Waals surface area contributed by atoms with Crippen LogP contribution in [0.15, 0.2) is 54.6 Å². The summed E-state index contributed by atoms with van der Waals surface area (Å²) in [5.74, 6) is 0.187. The van der Waals surface area contributed by atoms with Crippen LogP contribution < -0.4 is 34.1 Å². The van der Waals surface area contributed by atoms with Gasteiger partial charge in [0.25, 0.3) is 17.7 Å². The number of hydrogen-bond donors (Lipinski definition) is 2. The minimum Gasteiger partial charge on any atom is -0.493 e. The lowest BCUT2D eigenvalue weighted by Gasteiger charge is -2.37. The molecule has 12 heteroatoms. The van der Waals surface area contributed by atoms with Gasteiger partial charge in [0.05, 0.1) is 56.0 Å². The molecule has 0 bridgehead atoms. The van der Waals surface area contributed by atoms with E-state index in [1.807, 2.05) is 32.0 Å². The maximum Gasteiger partial charge on any atom is 0.266 e. The van der Waals surface area contributed by atoms with E-state index in [0.717, 1.165) is 42.5 Å². The monoisotopic (exact) mass is 632 g/mol. The number of carbonyl (C=O) groups is 3. The van der Waals surface area contributed by atoms with E-state index in [9.17, 15) is 19.5 Å². The third kappa shape index (κ3) is 6.73. The first-order chi connectivity index (χ1) is 22.1. The molecular weight excluding hydrogens is 592 g/mol. The van der Waals surface area contributed by atoms with E-state index in [1.165, 1.54) is 51.7 Å². The highest BCUT2D eigenvalue weighted by Crippen LogP contribution is 2.42. The summed E-state index contributed by atoms with van der Waals surface area (Å²) in [5, 5.41) is 13.5. The number of rotatable bonds is 12. The third-order valence-electron chi connectivity index (χ3n) is 7.96. The number of aliphatic hydroxyl groups is 1. The number of aliphatic hydroxyl groups excluding tert-OH is 1. The molecule has 3 amide bonds. The fourth-order valence-electron chi connectivity index (χ4n) is 5.73. The van der Waals surface area contributed by atoms with Gasteiger partial charge in [-0.05, 0) is 44.2 Å². The number of piperazine rings is 1. The van der Waals surface area contributed by atoms with Crippen LogP contribution in [0.3, 0.4) is 0 Å². The second-order valence-corrected chi connectivity index (χ2v) is 11.4. The summed E-state index contributed by atoms with van der Waals surface area (Å²) >= 11 is 0. The number of amides is 3. The fraction of sp³-hybridized carbons (Fsp3) is 0.382. The lowest BCUT2D eigenvalue weighted by atomic mass is 10.1. The van der Waals surface area contributed by atoms with E-state index in [-0.39, 0.29) is 46.5 Å². The van der Waals surface area contributed by atoms with Crippen molar-refractivity contribution in [1.82, 2.24) is 10.2 Å². The number of nitrogens with zero attached hydrogens (tertiary/aromatic N) is 3. The summed E-state index contributed by atoms with van der Waals surface area (Å²) in [7, 11) is 4.34. The average Bonchev–Trinajstić information content (AvgIpc) is 3.31. The van der Waals surface area contributed by atoms with E-state index < -0.39 is 23.8 Å². The molecule has 244 valence electrons. The van der Waals surface area contributed by atoms with Gasteiger partial charge in [0.15, 0.2) is 11.5 Å². The predicted molar refractivity (Wildman–Crippen MR) is 173 cm³/mol. The summed E-state index contributed by atoms with van der Waals surface area (Å²) in [5.41, 5.74) is 1.78. The van der Waals surface area contributed by atoms with E-state index >= 15 is 0 Å². The predicted octanol–water partition coefficient (Wildman–Crippen LogP) is 3.21. The maximum absolute atomic E-state index is 13.4. The molecule has 3 aromatic rings. The molecule has 2 heterocycles. The van der Waals surface area contributed by atoms with E-state index in [4.69, 9.17) is 18.9 Å². The van der Waals surface area contributed by atoms with Crippen LogP contribution in [0.5, 0.6) is 23.0 Å². The SMILES string of the molecule is COc1cc(N2C(=O)c3ccc(C(=O)NCC(O)CN4CCN(c5ccccc5OC(C)C)CC4)cc3C2=O)cc(OC)c1OC. The van der Waals surface area contributed by atoms with Gasteiger partial charge in [-0.3, -0.25) is 19.3 Å². The lowest BCUT2D eigenvalue weighted by molar-refractivity contribution is 0.0851. The second-order valence-electron chi connectivity index (χ2n) is 11.4. The minimum absolute atomic E-state index is 0.0334. The molecule has 1 unspecified atom stereocenters. The van der Waals surface area contributed by atoms with Crippen molar-refractivity contribution < 1.29 is 38.4 Å². The largest absolute Gasteiger partial charge is 0.493 e. The Kier molecular flexibility index (Phi) is 9.98. The van der Waals surface area contributed by atoms with E-state index in [0.29, 0.717) is 12.3 Å². The Bertz CT molecular complexity index is 1580. The van der Waals surface area contributed by atoms with Crippen LogP contribution in [-0.2, 0) is 0 Å². The first-order valence-electron chi connectivity index (χ1n) is 15.2. The zero-order valence-electron chi connectivity index (χ0n) is 26.7. The van der Waals surface area contributed by atoms with Crippen molar-refractivity contribution >= 4 is 29.1 Å². The molecule has 0 aliphatic carbocycles. The van der Waals surface area contributed by atoms with Gasteiger partial charge in [0.1, 0.15) is 5.75 Å². The van der Waals surface area contributed by atoms with Crippen molar-refractivity contribution in [2.75, 3.05) is 70.4 Å². The van der Waals surface area contributed by atoms with Crippen molar-refractivity contribution in [3.63, 3.8) is 0 Å². The van der Waals surface area contributed by atoms with Gasteiger partial charge in [-0.1, -0.05) is 12.1 Å². The van der Waals surface area contributed by atoms with Gasteiger partial charge in [0.2, 0.25) is 5.75 Å². The average molecular weight is 633 g/mol. The highest BCUT2D eigenvalue weighted by atomic mass is 16.5. The number of anilines is 2. The molecule has 0 spiro atoms. The number of para-hydroxylation sites is 2. The molecule has 0 aromatic heterocycles. The number of hydrogen-bond acceptors (Lipinski definition) is 10. The zero-order chi connectivity index (χ0) is 33.0. The minimum atomic E-state index is -0.791. The van der Waals surface area contributed by atoms with Crippen LogP contribution in [0.25, 0.3) is 0 Å². The van der Waals surface area contributed by atoms with Gasteiger partial charge < -0.3 is 34.3 Å². The second kappa shape index (κ2) is 14.1. The molecule has 2 aliphatic heterocycles. The highest BCUT2D eigenvalue weighted by molar-refractivity contribution is 6.34. The Morgan fingerprint density at radius 2 is 1.50 bits per heavy atom. The van der Waals surface area contributed by atoms with E-state index in [1.54, 1.807) is 0 Å². The van der Waals surface area contributed by atoms with Gasteiger partial charge in [0, 0.05) is 57.0 Å². The smallest absolute Gasteiger partial charge is 0.266 e. The molecule has 46 heavy (non-hydrogen) atoms. The molecule has 1 atom stereocenters. The van der Waals surface area contributed by atoms with Crippen molar-refractivity contribution in [3.05, 3.63) is 71.3 Å². The van der Waals surface area contributed by atoms with Crippen LogP contribution in [0.2, 0.25) is 0 Å². The number of ether oxygens (including phenoxy) is 4. The van der Waals surface area contributed by atoms with Crippen molar-refractivity contribution in [2.24, 2.45) is 0 Å². The highest BCUT2D eigenvalue weighted by Gasteiger charge is 2.38. The third-order valence-corrected chi connectivity index (χ3v) is 7.96. The number of imide groups is 1. The molecule has 0 saturated carbocycles. The number of fused-ring (bicyclic) bond motifs is 1. The van der Waals surface area contributed by atoms with Crippen LogP contribution in [0, 0.1) is 0 Å². The van der Waals surface area contributed by atoms with Gasteiger partial charge in [-0.15, -0.1) is 0 Å². The molecular formula is C34H40N4O8. The number of methoxy groups -OCH3 is 3. The molecule has 2 aliphatic rings. The number of β-amino-alcohol motifs (C(OH)–C–C–N with tert-alkyl or cyclic N) is 1. The summed E-state index contributed by atoms with van der Waals surface area (Å²) in [6.07, 6.45) is -0.712. The first-order valence-corrected chi connectivity index (χ1v) is 15.2. The van der Waals surface area contributed by atoms with Gasteiger partial charge in [-0.25, -0.2) is 4.90 Å². The molecule has 12 nitrogen and oxygen atoms in total. The summed E-state index contributed by atoms with van der Waals surface area (Å²) in [4.78, 5) is 45.1. The molecule has 0 radical (unpaired) electrons. The van der Waals surface area contributed by atoms with Crippen molar-refractivity contribution in [3.8, 4) is 23.0 Å². The standard InChI is InChI=1S/C34H40N4O8/c1-21(2)46-28-9-7-6-8-27(28)37-14-12-36(13-15-37)20-24(39)19-35-32(40)22-10-11-25-26(16-22)34(42)38(33(25)41)23-17-29(43-3)31(45-5)30(18-23)44-4/h6-11,16-18,21,24,39H,12-15,19-20H2,1-5H3,(H,35,40). The molecule has 1 saturated heterocycles. The zero-order valence-corrected chi connectivity index (χ0v) is 26.7. The van der Waals surface area contributed by atoms with Gasteiger partial charge >= 0.3 is 0 Å². The Hall–Kier alpha value is -4.81. The normalized spacial score (nSPS) is 15.5. The fourth-order valence-corrected chi connectivity index (χ4v) is 5.73. The van der Waals surface area contributed by atoms with Crippen LogP contribution in [0.4, 0.5) is 11.4 Å². The molecule has 5 rings (SSSR count). The Morgan fingerprint density at radius 1 is 0.848 bits per heavy atom. The Balaban J connectivity index is 1.17. The summed E-state index contributed by atoms with van der Waals surface area (Å²) < 4.78 is 22.1. The quantitative estimate of drug-likeness (QED) is 0.287. The molecule has 1 fully saturated rings. The Morgan fingerprint density at radius 3 is 2.13 bits per heavy atom. The number of carbonyl (C=O) groups excluding carboxylic acids is 3. The number of benzene rings is 3. The summed E-state index contributed by atoms with van der Waals surface area (Å²) in [6, 6.07) is 15.4. The van der Waals surface area contributed by atoms with Crippen molar-refractivity contribution in [2.45, 2.75) is 26.1 Å². The lowest BCUT2D eigenvalue weighted by Crippen LogP contribution is -2.50. The molecule has 3 aromatic carbocycles. The summed E-state index contributed by atoms with van der Waals surface area (Å²) in [6.45, 7) is 7.53. The first kappa shape index (κ1) is 32.6. The Labute approximate surface area is 268 Å². The van der Waals surface area contributed by atoms with Crippen LogP contribution in [0.1, 0.15) is 44.9 Å². The number of nitrogens with one attached hydrogen (secondary N) is 1. The maximum atomic E-state index is 13.4. The van der Waals surface area contributed by atoms with E-state index in [2.05, 4.69) is 21.2 Å². The molecule has 2 N–H and O–H groups in total. The van der Waals surface area contributed by atoms with Crippen LogP contribution in [-0.4, -0.2) is 101 Å². The van der Waals surface area contributed by atoms with Gasteiger partial charge in [-0.2, -0.15) is 0 Å². The van der Waals surface area contributed by atoms with Crippen LogP contribution >= 0.6 is 0 Å². The topological polar surface area (TPSA) is 130 Å². The van der Waals surface area contributed by atoms with Crippen molar-refractivity contribution in [1.29, 1.82) is 0 Å².